The number of ether oxygens (including phenoxy) is 1. The summed E-state index contributed by atoms with van der Waals surface area (Å²) < 4.78 is 5.38. The zero-order chi connectivity index (χ0) is 17.1. The van der Waals surface area contributed by atoms with E-state index in [0.717, 1.165) is 37.3 Å². The van der Waals surface area contributed by atoms with Crippen LogP contribution < -0.4 is 5.32 Å². The highest BCUT2D eigenvalue weighted by molar-refractivity contribution is 6.04. The van der Waals surface area contributed by atoms with Crippen molar-refractivity contribution in [3.8, 4) is 11.4 Å². The van der Waals surface area contributed by atoms with Crippen molar-refractivity contribution in [3.63, 3.8) is 0 Å². The summed E-state index contributed by atoms with van der Waals surface area (Å²) >= 11 is 0. The Bertz CT molecular complexity index is 852. The second-order valence-electron chi connectivity index (χ2n) is 5.96. The maximum absolute atomic E-state index is 12.5. The van der Waals surface area contributed by atoms with Gasteiger partial charge in [0.25, 0.3) is 5.91 Å². The second-order valence-corrected chi connectivity index (χ2v) is 5.96. The van der Waals surface area contributed by atoms with Crippen molar-refractivity contribution in [2.24, 2.45) is 0 Å². The lowest BCUT2D eigenvalue weighted by Gasteiger charge is -2.20. The molecular formula is C17H18N6O2. The summed E-state index contributed by atoms with van der Waals surface area (Å²) in [5, 5.41) is 16.7. The Morgan fingerprint density at radius 3 is 2.88 bits per heavy atom. The van der Waals surface area contributed by atoms with Gasteiger partial charge in [-0.15, -0.1) is 0 Å². The molecule has 0 unspecified atom stereocenters. The molecule has 0 spiro atoms. The molecule has 3 heterocycles. The van der Waals surface area contributed by atoms with Gasteiger partial charge in [0, 0.05) is 42.0 Å². The predicted molar refractivity (Wildman–Crippen MR) is 91.2 cm³/mol. The minimum Gasteiger partial charge on any atom is -0.381 e. The molecule has 0 atom stereocenters. The van der Waals surface area contributed by atoms with Gasteiger partial charge < -0.3 is 10.1 Å². The van der Waals surface area contributed by atoms with Gasteiger partial charge in [0.05, 0.1) is 0 Å². The van der Waals surface area contributed by atoms with Gasteiger partial charge in [0.1, 0.15) is 6.33 Å². The van der Waals surface area contributed by atoms with Crippen molar-refractivity contribution in [1.82, 2.24) is 25.4 Å². The number of carbonyl (C=O) groups excluding carboxylic acids is 1. The van der Waals surface area contributed by atoms with Crippen molar-refractivity contribution in [2.45, 2.75) is 18.8 Å². The van der Waals surface area contributed by atoms with E-state index in [-0.39, 0.29) is 5.91 Å². The van der Waals surface area contributed by atoms with E-state index >= 15 is 0 Å². The molecule has 0 aliphatic carbocycles. The highest BCUT2D eigenvalue weighted by atomic mass is 16.5. The Morgan fingerprint density at radius 2 is 2.08 bits per heavy atom. The van der Waals surface area contributed by atoms with Crippen molar-refractivity contribution >= 4 is 11.7 Å². The maximum Gasteiger partial charge on any atom is 0.256 e. The normalized spacial score (nSPS) is 15.2. The molecule has 4 rings (SSSR count). The third-order valence-corrected chi connectivity index (χ3v) is 4.31. The van der Waals surface area contributed by atoms with E-state index in [4.69, 9.17) is 4.74 Å². The van der Waals surface area contributed by atoms with E-state index in [2.05, 4.69) is 30.7 Å². The van der Waals surface area contributed by atoms with E-state index in [1.165, 1.54) is 6.33 Å². The van der Waals surface area contributed by atoms with Gasteiger partial charge in [-0.25, -0.2) is 4.98 Å². The highest BCUT2D eigenvalue weighted by Gasteiger charge is 2.19. The number of anilines is 1. The molecule has 3 aromatic rings. The summed E-state index contributed by atoms with van der Waals surface area (Å²) in [7, 11) is 0. The Hall–Kier alpha value is -3.00. The van der Waals surface area contributed by atoms with Gasteiger partial charge in [0.15, 0.2) is 11.6 Å². The molecule has 2 aromatic heterocycles. The maximum atomic E-state index is 12.5. The second kappa shape index (κ2) is 6.86. The van der Waals surface area contributed by atoms with E-state index in [1.807, 2.05) is 18.2 Å². The van der Waals surface area contributed by atoms with E-state index in [9.17, 15) is 4.79 Å². The summed E-state index contributed by atoms with van der Waals surface area (Å²) in [6, 6.07) is 9.09. The molecule has 1 aliphatic rings. The fourth-order valence-corrected chi connectivity index (χ4v) is 2.96. The lowest BCUT2D eigenvalue weighted by Crippen LogP contribution is -2.14. The first-order valence-corrected chi connectivity index (χ1v) is 8.20. The van der Waals surface area contributed by atoms with Crippen LogP contribution >= 0.6 is 0 Å². The van der Waals surface area contributed by atoms with Gasteiger partial charge in [0.2, 0.25) is 0 Å². The Kier molecular flexibility index (Phi) is 4.26. The number of aromatic amines is 2. The quantitative estimate of drug-likeness (QED) is 0.676. The number of hydrogen-bond donors (Lipinski definition) is 3. The first-order chi connectivity index (χ1) is 12.3. The minimum atomic E-state index is -0.216. The molecule has 1 aromatic carbocycles. The fraction of sp³-hybridized carbons (Fsp3) is 0.294. The van der Waals surface area contributed by atoms with Crippen LogP contribution in [0.15, 0.2) is 36.7 Å². The SMILES string of the molecule is O=C(Nc1cc(C2CCOCC2)[nH]n1)c1cccc(-c2ncn[nH]2)c1. The lowest BCUT2D eigenvalue weighted by atomic mass is 9.97. The Labute approximate surface area is 144 Å². The molecule has 1 aliphatic heterocycles. The van der Waals surface area contributed by atoms with Crippen LogP contribution in [-0.2, 0) is 4.74 Å². The number of nitrogens with one attached hydrogen (secondary N) is 3. The molecule has 8 nitrogen and oxygen atoms in total. The minimum absolute atomic E-state index is 0.216. The van der Waals surface area contributed by atoms with Crippen LogP contribution in [0.3, 0.4) is 0 Å². The zero-order valence-corrected chi connectivity index (χ0v) is 13.5. The van der Waals surface area contributed by atoms with Crippen LogP contribution in [0.5, 0.6) is 0 Å². The molecule has 0 saturated carbocycles. The monoisotopic (exact) mass is 338 g/mol. The van der Waals surface area contributed by atoms with Crippen molar-refractivity contribution in [2.75, 3.05) is 18.5 Å². The topological polar surface area (TPSA) is 109 Å². The van der Waals surface area contributed by atoms with Gasteiger partial charge >= 0.3 is 0 Å². The zero-order valence-electron chi connectivity index (χ0n) is 13.5. The third-order valence-electron chi connectivity index (χ3n) is 4.31. The Balaban J connectivity index is 1.47. The molecule has 3 N–H and O–H groups in total. The highest BCUT2D eigenvalue weighted by Crippen LogP contribution is 2.26. The molecule has 1 fully saturated rings. The fourth-order valence-electron chi connectivity index (χ4n) is 2.96. The van der Waals surface area contributed by atoms with E-state index in [1.54, 1.807) is 12.1 Å². The number of amides is 1. The first kappa shape index (κ1) is 15.5. The van der Waals surface area contributed by atoms with Crippen LogP contribution in [0, 0.1) is 0 Å². The number of benzene rings is 1. The molecule has 128 valence electrons. The van der Waals surface area contributed by atoms with Crippen LogP contribution in [-0.4, -0.2) is 44.5 Å². The largest absolute Gasteiger partial charge is 0.381 e. The van der Waals surface area contributed by atoms with Crippen LogP contribution in [0.25, 0.3) is 11.4 Å². The number of carbonyl (C=O) groups is 1. The van der Waals surface area contributed by atoms with E-state index < -0.39 is 0 Å². The number of rotatable bonds is 4. The molecule has 25 heavy (non-hydrogen) atoms. The summed E-state index contributed by atoms with van der Waals surface area (Å²) in [5.74, 6) is 1.33. The number of H-pyrrole nitrogens is 2. The lowest BCUT2D eigenvalue weighted by molar-refractivity contribution is 0.0845. The van der Waals surface area contributed by atoms with Crippen molar-refractivity contribution in [3.05, 3.63) is 47.9 Å². The van der Waals surface area contributed by atoms with Crippen LogP contribution in [0.1, 0.15) is 34.8 Å². The molecule has 0 bridgehead atoms. The first-order valence-electron chi connectivity index (χ1n) is 8.20. The summed E-state index contributed by atoms with van der Waals surface area (Å²) in [6.45, 7) is 1.53. The molecule has 0 radical (unpaired) electrons. The molecule has 1 saturated heterocycles. The van der Waals surface area contributed by atoms with Gasteiger partial charge in [-0.2, -0.15) is 10.2 Å². The van der Waals surface area contributed by atoms with Gasteiger partial charge in [-0.3, -0.25) is 15.0 Å². The summed E-state index contributed by atoms with van der Waals surface area (Å²) in [6.07, 6.45) is 3.37. The van der Waals surface area contributed by atoms with Crippen molar-refractivity contribution in [1.29, 1.82) is 0 Å². The third kappa shape index (κ3) is 3.43. The smallest absolute Gasteiger partial charge is 0.256 e. The average Bonchev–Trinajstić information content (AvgIpc) is 3.35. The Morgan fingerprint density at radius 1 is 1.20 bits per heavy atom. The molecular weight excluding hydrogens is 320 g/mol. The van der Waals surface area contributed by atoms with E-state index in [0.29, 0.717) is 23.1 Å². The number of nitrogens with zero attached hydrogens (tertiary/aromatic N) is 3. The number of aromatic nitrogens is 5. The van der Waals surface area contributed by atoms with Crippen LogP contribution in [0.4, 0.5) is 5.82 Å². The summed E-state index contributed by atoms with van der Waals surface area (Å²) in [4.78, 5) is 16.6. The number of hydrogen-bond acceptors (Lipinski definition) is 5. The summed E-state index contributed by atoms with van der Waals surface area (Å²) in [5.41, 5.74) is 2.37. The van der Waals surface area contributed by atoms with Gasteiger partial charge in [-0.05, 0) is 25.0 Å². The van der Waals surface area contributed by atoms with Crippen molar-refractivity contribution < 1.29 is 9.53 Å². The molecule has 8 heteroatoms. The standard InChI is InChI=1S/C17H18N6O2/c24-17(13-3-1-2-12(8-13)16-18-10-19-23-16)20-15-9-14(21-22-15)11-4-6-25-7-5-11/h1-3,8-11H,4-7H2,(H,18,19,23)(H2,20,21,22,24). The molecule has 1 amide bonds. The average molecular weight is 338 g/mol. The predicted octanol–water partition coefficient (Wildman–Crippen LogP) is 2.34. The van der Waals surface area contributed by atoms with Gasteiger partial charge in [-0.1, -0.05) is 12.1 Å². The van der Waals surface area contributed by atoms with Crippen LogP contribution in [0.2, 0.25) is 0 Å².